The Morgan fingerprint density at radius 2 is 1.83 bits per heavy atom. The van der Waals surface area contributed by atoms with Crippen molar-refractivity contribution in [1.29, 1.82) is 0 Å². The van der Waals surface area contributed by atoms with Crippen LogP contribution < -0.4 is 5.32 Å². The molecule has 2 aliphatic carbocycles. The third kappa shape index (κ3) is 3.50. The normalized spacial score (nSPS) is 36.6. The van der Waals surface area contributed by atoms with E-state index < -0.39 is 23.9 Å². The van der Waals surface area contributed by atoms with Gasteiger partial charge in [-0.15, -0.1) is 0 Å². The van der Waals surface area contributed by atoms with Crippen molar-refractivity contribution < 1.29 is 22.8 Å². The van der Waals surface area contributed by atoms with Crippen LogP contribution in [0.2, 0.25) is 0 Å². The number of hydrogen-bond donors (Lipinski definition) is 1. The number of fused-ring (bicyclic) bond motifs is 3. The molecule has 0 spiro atoms. The Morgan fingerprint density at radius 3 is 2.50 bits per heavy atom. The second kappa shape index (κ2) is 7.57. The Kier molecular flexibility index (Phi) is 5.35. The van der Waals surface area contributed by atoms with Gasteiger partial charge < -0.3 is 10.2 Å². The lowest BCUT2D eigenvalue weighted by Gasteiger charge is -2.60. The van der Waals surface area contributed by atoms with Crippen molar-refractivity contribution >= 4 is 17.5 Å². The lowest BCUT2D eigenvalue weighted by atomic mass is 9.49. The lowest BCUT2D eigenvalue weighted by molar-refractivity contribution is -0.219. The minimum Gasteiger partial charge on any atom is -0.342 e. The number of anilines is 1. The van der Waals surface area contributed by atoms with E-state index in [1.54, 1.807) is 35.2 Å². The number of hydrogen-bond acceptors (Lipinski definition) is 2. The van der Waals surface area contributed by atoms with E-state index in [1.807, 2.05) is 7.05 Å². The van der Waals surface area contributed by atoms with Gasteiger partial charge in [-0.2, -0.15) is 13.2 Å². The molecule has 7 heteroatoms. The summed E-state index contributed by atoms with van der Waals surface area (Å²) in [5.41, 5.74) is 0.279. The fraction of sp³-hybridized carbons (Fsp3) is 0.652. The van der Waals surface area contributed by atoms with Gasteiger partial charge in [-0.3, -0.25) is 9.59 Å². The van der Waals surface area contributed by atoms with Crippen LogP contribution in [0.4, 0.5) is 18.9 Å². The fourth-order valence-electron chi connectivity index (χ4n) is 6.63. The second-order valence-corrected chi connectivity index (χ2v) is 9.48. The van der Waals surface area contributed by atoms with Crippen LogP contribution in [0.5, 0.6) is 0 Å². The zero-order chi connectivity index (χ0) is 21.7. The minimum absolute atomic E-state index is 0.0110. The first-order valence-electron chi connectivity index (χ1n) is 10.8. The van der Waals surface area contributed by atoms with E-state index in [0.717, 1.165) is 0 Å². The number of alkyl halides is 3. The molecule has 4 nitrogen and oxygen atoms in total. The predicted molar refractivity (Wildman–Crippen MR) is 107 cm³/mol. The van der Waals surface area contributed by atoms with Crippen LogP contribution in [-0.4, -0.2) is 36.0 Å². The number of nitrogens with one attached hydrogen (secondary N) is 1. The first-order valence-corrected chi connectivity index (χ1v) is 10.8. The topological polar surface area (TPSA) is 49.4 Å². The molecule has 2 unspecified atom stereocenters. The summed E-state index contributed by atoms with van der Waals surface area (Å²) in [4.78, 5) is 27.2. The number of para-hydroxylation sites is 1. The van der Waals surface area contributed by atoms with Gasteiger partial charge in [0.25, 0.3) is 0 Å². The molecule has 164 valence electrons. The van der Waals surface area contributed by atoms with Gasteiger partial charge in [-0.1, -0.05) is 25.1 Å². The van der Waals surface area contributed by atoms with Crippen LogP contribution in [-0.2, 0) is 9.59 Å². The number of nitrogens with zero attached hydrogens (tertiary/aromatic N) is 1. The summed E-state index contributed by atoms with van der Waals surface area (Å²) in [5, 5.41) is 2.74. The third-order valence-corrected chi connectivity index (χ3v) is 8.08. The molecular weight excluding hydrogens is 393 g/mol. The summed E-state index contributed by atoms with van der Waals surface area (Å²) in [6, 6.07) is 8.73. The highest BCUT2D eigenvalue weighted by molar-refractivity contribution is 5.93. The van der Waals surface area contributed by atoms with Crippen LogP contribution in [0.15, 0.2) is 30.3 Å². The molecule has 1 saturated heterocycles. The summed E-state index contributed by atoms with van der Waals surface area (Å²) >= 11 is 0. The molecule has 30 heavy (non-hydrogen) atoms. The molecule has 1 N–H and O–H groups in total. The van der Waals surface area contributed by atoms with E-state index in [9.17, 15) is 22.8 Å². The summed E-state index contributed by atoms with van der Waals surface area (Å²) in [6.07, 6.45) is -1.67. The molecule has 1 heterocycles. The van der Waals surface area contributed by atoms with Gasteiger partial charge in [-0.25, -0.2) is 0 Å². The molecule has 1 aromatic rings. The third-order valence-electron chi connectivity index (χ3n) is 8.08. The minimum atomic E-state index is -4.40. The number of carbonyl (C=O) groups is 2. The van der Waals surface area contributed by atoms with Crippen molar-refractivity contribution in [3.8, 4) is 0 Å². The van der Waals surface area contributed by atoms with Gasteiger partial charge in [0.2, 0.25) is 11.8 Å². The molecule has 0 radical (unpaired) electrons. The van der Waals surface area contributed by atoms with Gasteiger partial charge in [0.15, 0.2) is 0 Å². The highest BCUT2D eigenvalue weighted by atomic mass is 19.4. The maximum absolute atomic E-state index is 14.0. The molecular formula is C23H29F3N2O2. The van der Waals surface area contributed by atoms with Crippen molar-refractivity contribution in [2.24, 2.45) is 29.1 Å². The lowest BCUT2D eigenvalue weighted by Crippen LogP contribution is -2.62. The van der Waals surface area contributed by atoms with Crippen molar-refractivity contribution in [3.05, 3.63) is 30.3 Å². The molecule has 3 aliphatic rings. The quantitative estimate of drug-likeness (QED) is 0.740. The Labute approximate surface area is 175 Å². The Morgan fingerprint density at radius 1 is 1.13 bits per heavy atom. The van der Waals surface area contributed by atoms with Gasteiger partial charge >= 0.3 is 6.18 Å². The first-order chi connectivity index (χ1) is 14.1. The van der Waals surface area contributed by atoms with Crippen LogP contribution >= 0.6 is 0 Å². The molecule has 2 amide bonds. The van der Waals surface area contributed by atoms with Gasteiger partial charge in [0, 0.05) is 25.2 Å². The standard InChI is InChI=1S/C23H29F3N2O2/c1-22-13-12-19(29)28(2)18(22)11-8-15-16(22)9-10-17(23(24,25)26)20(15)21(30)27-14-6-4-3-5-7-14/h3-7,15-18,20H,8-13H2,1-2H3,(H,27,30)/t15-,16+,17?,18-,20?,22-/m1/s1. The van der Waals surface area contributed by atoms with Crippen LogP contribution in [0.3, 0.4) is 0 Å². The zero-order valence-corrected chi connectivity index (χ0v) is 17.4. The fourth-order valence-corrected chi connectivity index (χ4v) is 6.63. The van der Waals surface area contributed by atoms with E-state index in [-0.39, 0.29) is 35.6 Å². The van der Waals surface area contributed by atoms with Crippen LogP contribution in [0, 0.1) is 29.1 Å². The van der Waals surface area contributed by atoms with Gasteiger partial charge in [0.05, 0.1) is 11.8 Å². The zero-order valence-electron chi connectivity index (χ0n) is 17.4. The van der Waals surface area contributed by atoms with Gasteiger partial charge in [-0.05, 0) is 61.5 Å². The number of benzene rings is 1. The molecule has 6 atom stereocenters. The average Bonchev–Trinajstić information content (AvgIpc) is 2.70. The number of likely N-dealkylation sites (tertiary alicyclic amines) is 1. The summed E-state index contributed by atoms with van der Waals surface area (Å²) in [5.74, 6) is -3.44. The van der Waals surface area contributed by atoms with E-state index in [2.05, 4.69) is 12.2 Å². The van der Waals surface area contributed by atoms with Crippen molar-refractivity contribution in [1.82, 2.24) is 4.90 Å². The van der Waals surface area contributed by atoms with E-state index in [4.69, 9.17) is 0 Å². The highest BCUT2D eigenvalue weighted by Crippen LogP contribution is 2.60. The average molecular weight is 422 g/mol. The molecule has 3 fully saturated rings. The number of amides is 2. The highest BCUT2D eigenvalue weighted by Gasteiger charge is 2.61. The maximum atomic E-state index is 14.0. The van der Waals surface area contributed by atoms with Crippen molar-refractivity contribution in [2.75, 3.05) is 12.4 Å². The predicted octanol–water partition coefficient (Wildman–Crippen LogP) is 4.87. The van der Waals surface area contributed by atoms with E-state index in [1.165, 1.54) is 0 Å². The Bertz CT molecular complexity index is 812. The maximum Gasteiger partial charge on any atom is 0.392 e. The van der Waals surface area contributed by atoms with Gasteiger partial charge in [0.1, 0.15) is 0 Å². The molecule has 0 aromatic heterocycles. The first kappa shape index (κ1) is 21.2. The smallest absolute Gasteiger partial charge is 0.342 e. The SMILES string of the molecule is CN1C(=O)CC[C@]2(C)[C@H]3CCC(C(F)(F)F)C(C(=O)Nc4ccccc4)[C@@H]3CC[C@@H]12. The molecule has 1 aromatic carbocycles. The van der Waals surface area contributed by atoms with Crippen LogP contribution in [0.1, 0.15) is 45.4 Å². The Hall–Kier alpha value is -2.05. The number of piperidine rings is 1. The number of carbonyl (C=O) groups excluding carboxylic acids is 2. The molecule has 4 rings (SSSR count). The second-order valence-electron chi connectivity index (χ2n) is 9.48. The summed E-state index contributed by atoms with van der Waals surface area (Å²) in [6.45, 7) is 2.12. The molecule has 2 saturated carbocycles. The number of rotatable bonds is 2. The van der Waals surface area contributed by atoms with E-state index >= 15 is 0 Å². The molecule has 1 aliphatic heterocycles. The van der Waals surface area contributed by atoms with Crippen LogP contribution in [0.25, 0.3) is 0 Å². The van der Waals surface area contributed by atoms with Crippen molar-refractivity contribution in [2.45, 2.75) is 57.7 Å². The monoisotopic (exact) mass is 422 g/mol. The van der Waals surface area contributed by atoms with E-state index in [0.29, 0.717) is 37.8 Å². The molecule has 0 bridgehead atoms. The largest absolute Gasteiger partial charge is 0.392 e. The summed E-state index contributed by atoms with van der Waals surface area (Å²) in [7, 11) is 1.81. The summed E-state index contributed by atoms with van der Waals surface area (Å²) < 4.78 is 41.9. The Balaban J connectivity index is 1.65. The number of halogens is 3. The van der Waals surface area contributed by atoms with Crippen molar-refractivity contribution in [3.63, 3.8) is 0 Å².